The van der Waals surface area contributed by atoms with E-state index in [1.165, 1.54) is 128 Å². The topological polar surface area (TPSA) is 91.4 Å². The van der Waals surface area contributed by atoms with Gasteiger partial charge in [-0.25, -0.2) is 0 Å². The van der Waals surface area contributed by atoms with Crippen LogP contribution in [0.3, 0.4) is 0 Å². The highest BCUT2D eigenvalue weighted by Crippen LogP contribution is 2.20. The summed E-state index contributed by atoms with van der Waals surface area (Å²) in [6.07, 6.45) is 41.0. The van der Waals surface area contributed by atoms with Gasteiger partial charge < -0.3 is 23.8 Å². The van der Waals surface area contributed by atoms with Crippen LogP contribution in [0.4, 0.5) is 0 Å². The number of likely N-dealkylation sites (N-methyl/N-ethyl adjacent to an activating group) is 1. The molecule has 3 unspecified atom stereocenters. The summed E-state index contributed by atoms with van der Waals surface area (Å²) in [7, 11) is 0. The largest absolute Gasteiger partial charge is 0.462 e. The van der Waals surface area contributed by atoms with Gasteiger partial charge in [0.05, 0.1) is 6.61 Å². The molecule has 0 aliphatic carbocycles. The van der Waals surface area contributed by atoms with Crippen molar-refractivity contribution in [1.82, 2.24) is 4.90 Å². The lowest BCUT2D eigenvalue weighted by atomic mass is 10.0. The van der Waals surface area contributed by atoms with Crippen LogP contribution >= 0.6 is 0 Å². The Kier molecular flexibility index (Phi) is 47.0. The standard InChI is InChI=1S/C55H107NO7/c1-7-13-18-23-26-33-42-50(40-31-21-16-10-4)62-53(57)44-35-29-38-47-60-49-52(55(59)56(12-6)46-37-28-25-20-15-9-3)61-48-39-30-36-45-54(58)63-51(41-32-22-17-11-5)43-34-27-24-19-14-8-2/h50-52H,7-49H2,1-6H3. The van der Waals surface area contributed by atoms with E-state index in [0.29, 0.717) is 32.6 Å². The molecule has 0 aromatic heterocycles. The van der Waals surface area contributed by atoms with Crippen LogP contribution in [0.5, 0.6) is 0 Å². The minimum absolute atomic E-state index is 0.0120. The molecule has 3 atom stereocenters. The van der Waals surface area contributed by atoms with Gasteiger partial charge in [-0.1, -0.05) is 182 Å². The summed E-state index contributed by atoms with van der Waals surface area (Å²) < 4.78 is 24.4. The molecule has 1 amide bonds. The second kappa shape index (κ2) is 48.3. The molecule has 0 bridgehead atoms. The highest BCUT2D eigenvalue weighted by Gasteiger charge is 2.25. The average Bonchev–Trinajstić information content (AvgIpc) is 3.28. The number of hydrogen-bond donors (Lipinski definition) is 0. The van der Waals surface area contributed by atoms with Crippen molar-refractivity contribution in [3.8, 4) is 0 Å². The Hall–Kier alpha value is -1.67. The fourth-order valence-electron chi connectivity index (χ4n) is 8.43. The number of unbranched alkanes of at least 4 members (excludes halogenated alkanes) is 25. The molecular weight excluding hydrogens is 787 g/mol. The van der Waals surface area contributed by atoms with Gasteiger partial charge >= 0.3 is 11.9 Å². The lowest BCUT2D eigenvalue weighted by Crippen LogP contribution is -2.43. The summed E-state index contributed by atoms with van der Waals surface area (Å²) in [5.41, 5.74) is 0. The monoisotopic (exact) mass is 894 g/mol. The number of esters is 2. The first kappa shape index (κ1) is 61.3. The third-order valence-corrected chi connectivity index (χ3v) is 12.6. The van der Waals surface area contributed by atoms with Gasteiger partial charge in [-0.15, -0.1) is 0 Å². The number of carbonyl (C=O) groups is 3. The van der Waals surface area contributed by atoms with E-state index in [4.69, 9.17) is 18.9 Å². The lowest BCUT2D eigenvalue weighted by Gasteiger charge is -2.26. The van der Waals surface area contributed by atoms with Crippen LogP contribution in [-0.2, 0) is 33.3 Å². The quantitative estimate of drug-likeness (QED) is 0.0444. The number of nitrogens with zero attached hydrogens (tertiary/aromatic N) is 1. The van der Waals surface area contributed by atoms with E-state index in [2.05, 4.69) is 34.6 Å². The van der Waals surface area contributed by atoms with Crippen molar-refractivity contribution in [2.45, 2.75) is 304 Å². The highest BCUT2D eigenvalue weighted by atomic mass is 16.5. The summed E-state index contributed by atoms with van der Waals surface area (Å²) >= 11 is 0. The minimum atomic E-state index is -0.638. The molecule has 0 heterocycles. The Morgan fingerprint density at radius 1 is 0.397 bits per heavy atom. The Labute approximate surface area is 391 Å². The molecule has 0 radical (unpaired) electrons. The van der Waals surface area contributed by atoms with Crippen LogP contribution in [-0.4, -0.2) is 74.0 Å². The number of hydrogen-bond acceptors (Lipinski definition) is 7. The summed E-state index contributed by atoms with van der Waals surface area (Å²) in [5, 5.41) is 0. The van der Waals surface area contributed by atoms with E-state index in [1.807, 2.05) is 11.8 Å². The predicted octanol–water partition coefficient (Wildman–Crippen LogP) is 16.0. The average molecular weight is 894 g/mol. The van der Waals surface area contributed by atoms with Crippen LogP contribution in [0.2, 0.25) is 0 Å². The van der Waals surface area contributed by atoms with Gasteiger partial charge in [0, 0.05) is 39.1 Å². The van der Waals surface area contributed by atoms with Crippen molar-refractivity contribution in [2.75, 3.05) is 32.9 Å². The van der Waals surface area contributed by atoms with Gasteiger partial charge in [-0.05, 0) is 90.4 Å². The third kappa shape index (κ3) is 40.3. The van der Waals surface area contributed by atoms with Crippen molar-refractivity contribution in [1.29, 1.82) is 0 Å². The van der Waals surface area contributed by atoms with E-state index >= 15 is 0 Å². The van der Waals surface area contributed by atoms with Crippen LogP contribution in [0.25, 0.3) is 0 Å². The molecule has 0 spiro atoms. The zero-order valence-electron chi connectivity index (χ0n) is 42.9. The van der Waals surface area contributed by atoms with Gasteiger partial charge in [-0.2, -0.15) is 0 Å². The lowest BCUT2D eigenvalue weighted by molar-refractivity contribution is -0.151. The van der Waals surface area contributed by atoms with Crippen molar-refractivity contribution >= 4 is 17.8 Å². The van der Waals surface area contributed by atoms with Crippen LogP contribution in [0, 0.1) is 0 Å². The highest BCUT2D eigenvalue weighted by molar-refractivity contribution is 5.81. The van der Waals surface area contributed by atoms with Crippen molar-refractivity contribution in [3.63, 3.8) is 0 Å². The van der Waals surface area contributed by atoms with Gasteiger partial charge in [0.25, 0.3) is 5.91 Å². The molecule has 0 rings (SSSR count). The van der Waals surface area contributed by atoms with E-state index in [0.717, 1.165) is 109 Å². The molecule has 0 aliphatic heterocycles. The number of ether oxygens (including phenoxy) is 4. The molecule has 8 nitrogen and oxygen atoms in total. The summed E-state index contributed by atoms with van der Waals surface area (Å²) in [6, 6.07) is 0. The smallest absolute Gasteiger partial charge is 0.306 e. The Bertz CT molecular complexity index is 992. The van der Waals surface area contributed by atoms with Crippen LogP contribution in [0.1, 0.15) is 286 Å². The molecule has 0 aromatic carbocycles. The first-order chi connectivity index (χ1) is 30.9. The van der Waals surface area contributed by atoms with E-state index in [1.54, 1.807) is 0 Å². The molecule has 0 saturated carbocycles. The second-order valence-corrected chi connectivity index (χ2v) is 18.8. The molecule has 0 aromatic rings. The maximum atomic E-state index is 13.8. The van der Waals surface area contributed by atoms with Crippen molar-refractivity contribution in [3.05, 3.63) is 0 Å². The van der Waals surface area contributed by atoms with Crippen LogP contribution < -0.4 is 0 Å². The molecule has 0 aliphatic rings. The third-order valence-electron chi connectivity index (χ3n) is 12.6. The summed E-state index contributed by atoms with van der Waals surface area (Å²) in [6.45, 7) is 15.9. The number of carbonyl (C=O) groups excluding carboxylic acids is 3. The SMILES string of the molecule is CCCCCCCCC(CCCCCC)OC(=O)CCCCCOCC(OCCCCCC(=O)OC(CCCCCC)CCCCCCCC)C(=O)N(CC)CCCCCCCC. The summed E-state index contributed by atoms with van der Waals surface area (Å²) in [4.78, 5) is 41.4. The predicted molar refractivity (Wildman–Crippen MR) is 266 cm³/mol. The zero-order chi connectivity index (χ0) is 46.3. The number of rotatable bonds is 50. The molecule has 0 fully saturated rings. The van der Waals surface area contributed by atoms with Crippen LogP contribution in [0.15, 0.2) is 0 Å². The summed E-state index contributed by atoms with van der Waals surface area (Å²) in [5.74, 6) is -0.119. The van der Waals surface area contributed by atoms with Crippen molar-refractivity contribution < 1.29 is 33.3 Å². The molecule has 63 heavy (non-hydrogen) atoms. The Balaban J connectivity index is 4.91. The normalized spacial score (nSPS) is 12.9. The fourth-order valence-corrected chi connectivity index (χ4v) is 8.43. The Morgan fingerprint density at radius 3 is 1.16 bits per heavy atom. The molecular formula is C55H107NO7. The van der Waals surface area contributed by atoms with E-state index in [-0.39, 0.29) is 36.7 Å². The maximum absolute atomic E-state index is 13.8. The number of amides is 1. The zero-order valence-corrected chi connectivity index (χ0v) is 42.9. The Morgan fingerprint density at radius 2 is 0.746 bits per heavy atom. The fraction of sp³-hybridized carbons (Fsp3) is 0.945. The first-order valence-electron chi connectivity index (χ1n) is 27.7. The maximum Gasteiger partial charge on any atom is 0.306 e. The molecule has 8 heteroatoms. The van der Waals surface area contributed by atoms with Gasteiger partial charge in [0.1, 0.15) is 12.2 Å². The van der Waals surface area contributed by atoms with Gasteiger partial charge in [0.2, 0.25) is 0 Å². The van der Waals surface area contributed by atoms with E-state index in [9.17, 15) is 14.4 Å². The molecule has 0 saturated heterocycles. The molecule has 374 valence electrons. The molecule has 0 N–H and O–H groups in total. The van der Waals surface area contributed by atoms with Gasteiger partial charge in [-0.3, -0.25) is 14.4 Å². The van der Waals surface area contributed by atoms with Crippen molar-refractivity contribution in [2.24, 2.45) is 0 Å². The van der Waals surface area contributed by atoms with E-state index < -0.39 is 6.10 Å². The minimum Gasteiger partial charge on any atom is -0.462 e. The second-order valence-electron chi connectivity index (χ2n) is 18.8. The first-order valence-corrected chi connectivity index (χ1v) is 27.7. The van der Waals surface area contributed by atoms with Gasteiger partial charge in [0.15, 0.2) is 6.10 Å².